The molecule has 0 amide bonds. The molecule has 4 heteroatoms. The van der Waals surface area contributed by atoms with Crippen molar-refractivity contribution in [1.82, 2.24) is 5.32 Å². The highest BCUT2D eigenvalue weighted by Gasteiger charge is 2.01. The van der Waals surface area contributed by atoms with E-state index in [9.17, 15) is 0 Å². The second-order valence-electron chi connectivity index (χ2n) is 4.37. The summed E-state index contributed by atoms with van der Waals surface area (Å²) >= 11 is 0. The molecule has 1 aromatic carbocycles. The number of benzene rings is 1. The fourth-order valence-corrected chi connectivity index (χ4v) is 1.74. The molecule has 0 spiro atoms. The Kier molecular flexibility index (Phi) is 11.6. The molecule has 0 saturated carbocycles. The largest absolute Gasteiger partial charge is 0.372 e. The Morgan fingerprint density at radius 2 is 1.50 bits per heavy atom. The molecular weight excluding hydrogens is 267 g/mol. The van der Waals surface area contributed by atoms with Crippen LogP contribution in [0.25, 0.3) is 0 Å². The zero-order chi connectivity index (χ0) is 12.0. The molecule has 0 heterocycles. The standard InChI is InChI=1S/C14H24N2.2ClH/c1-5-16(6-2)14-9-7-13(8-10-14)11-15-12(3)4;;/h7-10,12,15H,5-6,11H2,1-4H3;2*1H. The van der Waals surface area contributed by atoms with Crippen molar-refractivity contribution in [1.29, 1.82) is 0 Å². The Bertz CT molecular complexity index is 295. The van der Waals surface area contributed by atoms with Gasteiger partial charge in [0, 0.05) is 31.4 Å². The summed E-state index contributed by atoms with van der Waals surface area (Å²) in [6.45, 7) is 11.8. The lowest BCUT2D eigenvalue weighted by molar-refractivity contribution is 0.589. The predicted octanol–water partition coefficient (Wildman–Crippen LogP) is 3.87. The number of hydrogen-bond donors (Lipinski definition) is 1. The van der Waals surface area contributed by atoms with Crippen LogP contribution in [0.15, 0.2) is 24.3 Å². The van der Waals surface area contributed by atoms with Gasteiger partial charge in [0.2, 0.25) is 0 Å². The number of nitrogens with zero attached hydrogens (tertiary/aromatic N) is 1. The molecular formula is C14H26Cl2N2. The first-order chi connectivity index (χ1) is 7.67. The molecule has 1 rings (SSSR count). The van der Waals surface area contributed by atoms with E-state index in [1.54, 1.807) is 0 Å². The predicted molar refractivity (Wildman–Crippen MR) is 86.5 cm³/mol. The van der Waals surface area contributed by atoms with Gasteiger partial charge in [-0.3, -0.25) is 0 Å². The van der Waals surface area contributed by atoms with Crippen LogP contribution in [0.5, 0.6) is 0 Å². The zero-order valence-corrected chi connectivity index (χ0v) is 13.4. The number of hydrogen-bond acceptors (Lipinski definition) is 2. The van der Waals surface area contributed by atoms with Crippen molar-refractivity contribution < 1.29 is 0 Å². The molecule has 1 N–H and O–H groups in total. The quantitative estimate of drug-likeness (QED) is 0.856. The number of anilines is 1. The van der Waals surface area contributed by atoms with E-state index in [1.165, 1.54) is 11.3 Å². The van der Waals surface area contributed by atoms with Crippen LogP contribution in [0, 0.1) is 0 Å². The Morgan fingerprint density at radius 3 is 1.89 bits per heavy atom. The van der Waals surface area contributed by atoms with Crippen molar-refractivity contribution in [3.8, 4) is 0 Å². The summed E-state index contributed by atoms with van der Waals surface area (Å²) in [5.41, 5.74) is 2.67. The lowest BCUT2D eigenvalue weighted by Crippen LogP contribution is -2.23. The Labute approximate surface area is 124 Å². The van der Waals surface area contributed by atoms with Crippen molar-refractivity contribution in [2.45, 2.75) is 40.3 Å². The highest BCUT2D eigenvalue weighted by atomic mass is 35.5. The van der Waals surface area contributed by atoms with E-state index in [-0.39, 0.29) is 24.8 Å². The second-order valence-corrected chi connectivity index (χ2v) is 4.37. The maximum absolute atomic E-state index is 3.42. The molecule has 0 radical (unpaired) electrons. The van der Waals surface area contributed by atoms with Crippen molar-refractivity contribution in [2.75, 3.05) is 18.0 Å². The van der Waals surface area contributed by atoms with Gasteiger partial charge in [-0.15, -0.1) is 24.8 Å². The van der Waals surface area contributed by atoms with E-state index in [0.717, 1.165) is 19.6 Å². The SMILES string of the molecule is CCN(CC)c1ccc(CNC(C)C)cc1.Cl.Cl. The number of rotatable bonds is 6. The van der Waals surface area contributed by atoms with Crippen LogP contribution in [-0.2, 0) is 6.54 Å². The molecule has 0 unspecified atom stereocenters. The van der Waals surface area contributed by atoms with Crippen LogP contribution in [-0.4, -0.2) is 19.1 Å². The molecule has 18 heavy (non-hydrogen) atoms. The maximum atomic E-state index is 3.42. The van der Waals surface area contributed by atoms with Crippen molar-refractivity contribution >= 4 is 30.5 Å². The van der Waals surface area contributed by atoms with Crippen molar-refractivity contribution in [3.63, 3.8) is 0 Å². The lowest BCUT2D eigenvalue weighted by Gasteiger charge is -2.21. The van der Waals surface area contributed by atoms with Crippen molar-refractivity contribution in [3.05, 3.63) is 29.8 Å². The Morgan fingerprint density at radius 1 is 1.00 bits per heavy atom. The van der Waals surface area contributed by atoms with Gasteiger partial charge in [0.05, 0.1) is 0 Å². The van der Waals surface area contributed by atoms with Gasteiger partial charge in [0.15, 0.2) is 0 Å². The van der Waals surface area contributed by atoms with Crippen LogP contribution in [0.4, 0.5) is 5.69 Å². The van der Waals surface area contributed by atoms with Gasteiger partial charge in [-0.1, -0.05) is 26.0 Å². The van der Waals surface area contributed by atoms with Crippen LogP contribution in [0.2, 0.25) is 0 Å². The fourth-order valence-electron chi connectivity index (χ4n) is 1.74. The normalized spacial score (nSPS) is 9.61. The summed E-state index contributed by atoms with van der Waals surface area (Å²) in [6.07, 6.45) is 0. The average molecular weight is 293 g/mol. The van der Waals surface area contributed by atoms with Crippen LogP contribution in [0.1, 0.15) is 33.3 Å². The van der Waals surface area contributed by atoms with Gasteiger partial charge in [-0.05, 0) is 31.5 Å². The first-order valence-corrected chi connectivity index (χ1v) is 6.24. The van der Waals surface area contributed by atoms with E-state index in [2.05, 4.69) is 62.2 Å². The van der Waals surface area contributed by atoms with Gasteiger partial charge in [0.1, 0.15) is 0 Å². The summed E-state index contributed by atoms with van der Waals surface area (Å²) in [5, 5.41) is 3.42. The van der Waals surface area contributed by atoms with E-state index in [0.29, 0.717) is 6.04 Å². The third kappa shape index (κ3) is 6.48. The zero-order valence-electron chi connectivity index (χ0n) is 11.8. The van der Waals surface area contributed by atoms with E-state index < -0.39 is 0 Å². The summed E-state index contributed by atoms with van der Waals surface area (Å²) in [7, 11) is 0. The first kappa shape index (κ1) is 19.9. The molecule has 0 saturated heterocycles. The van der Waals surface area contributed by atoms with Gasteiger partial charge in [-0.2, -0.15) is 0 Å². The topological polar surface area (TPSA) is 15.3 Å². The smallest absolute Gasteiger partial charge is 0.0366 e. The molecule has 2 nitrogen and oxygen atoms in total. The average Bonchev–Trinajstić information content (AvgIpc) is 2.29. The minimum absolute atomic E-state index is 0. The molecule has 0 aliphatic rings. The minimum atomic E-state index is 0. The summed E-state index contributed by atoms with van der Waals surface area (Å²) in [5.74, 6) is 0. The highest BCUT2D eigenvalue weighted by Crippen LogP contribution is 2.14. The molecule has 0 atom stereocenters. The third-order valence-corrected chi connectivity index (χ3v) is 2.78. The summed E-state index contributed by atoms with van der Waals surface area (Å²) in [4.78, 5) is 2.36. The molecule has 0 aliphatic heterocycles. The third-order valence-electron chi connectivity index (χ3n) is 2.78. The number of halogens is 2. The van der Waals surface area contributed by atoms with Gasteiger partial charge >= 0.3 is 0 Å². The fraction of sp³-hybridized carbons (Fsp3) is 0.571. The highest BCUT2D eigenvalue weighted by molar-refractivity contribution is 5.85. The molecule has 0 fully saturated rings. The Balaban J connectivity index is 0. The maximum Gasteiger partial charge on any atom is 0.0366 e. The number of nitrogens with one attached hydrogen (secondary N) is 1. The van der Waals surface area contributed by atoms with Crippen LogP contribution >= 0.6 is 24.8 Å². The van der Waals surface area contributed by atoms with Gasteiger partial charge in [0.25, 0.3) is 0 Å². The Hall–Kier alpha value is -0.440. The minimum Gasteiger partial charge on any atom is -0.372 e. The van der Waals surface area contributed by atoms with Crippen LogP contribution < -0.4 is 10.2 Å². The van der Waals surface area contributed by atoms with Crippen molar-refractivity contribution in [2.24, 2.45) is 0 Å². The molecule has 0 bridgehead atoms. The summed E-state index contributed by atoms with van der Waals surface area (Å²) in [6, 6.07) is 9.39. The van der Waals surface area contributed by atoms with E-state index >= 15 is 0 Å². The summed E-state index contributed by atoms with van der Waals surface area (Å²) < 4.78 is 0. The van der Waals surface area contributed by atoms with Gasteiger partial charge < -0.3 is 10.2 Å². The molecule has 1 aromatic rings. The van der Waals surface area contributed by atoms with E-state index in [4.69, 9.17) is 0 Å². The van der Waals surface area contributed by atoms with E-state index in [1.807, 2.05) is 0 Å². The lowest BCUT2D eigenvalue weighted by atomic mass is 10.2. The molecule has 0 aromatic heterocycles. The molecule has 0 aliphatic carbocycles. The molecule has 106 valence electrons. The monoisotopic (exact) mass is 292 g/mol. The van der Waals surface area contributed by atoms with Crippen LogP contribution in [0.3, 0.4) is 0 Å². The van der Waals surface area contributed by atoms with Gasteiger partial charge in [-0.25, -0.2) is 0 Å². The first-order valence-electron chi connectivity index (χ1n) is 6.24. The second kappa shape index (κ2) is 10.5.